The van der Waals surface area contributed by atoms with Gasteiger partial charge in [-0.1, -0.05) is 17.7 Å². The predicted molar refractivity (Wildman–Crippen MR) is 92.4 cm³/mol. The number of rotatable bonds is 3. The Kier molecular flexibility index (Phi) is 3.30. The average molecular weight is 319 g/mol. The molecular formula is C18H17N5O. The fourth-order valence-electron chi connectivity index (χ4n) is 2.68. The van der Waals surface area contributed by atoms with Crippen LogP contribution >= 0.6 is 0 Å². The van der Waals surface area contributed by atoms with Crippen molar-refractivity contribution >= 4 is 17.3 Å². The molecule has 4 aromatic rings. The normalized spacial score (nSPS) is 11.1. The van der Waals surface area contributed by atoms with E-state index in [2.05, 4.69) is 52.4 Å². The number of aromatic nitrogens is 4. The molecule has 0 fully saturated rings. The quantitative estimate of drug-likeness (QED) is 0.617. The Morgan fingerprint density at radius 2 is 1.92 bits per heavy atom. The van der Waals surface area contributed by atoms with Crippen LogP contribution in [0.3, 0.4) is 0 Å². The molecule has 0 aliphatic heterocycles. The summed E-state index contributed by atoms with van der Waals surface area (Å²) < 4.78 is 7.08. The minimum atomic E-state index is 0.516. The number of hydrogen-bond acceptors (Lipinski definition) is 5. The lowest BCUT2D eigenvalue weighted by Gasteiger charge is -2.11. The van der Waals surface area contributed by atoms with Gasteiger partial charge in [-0.3, -0.25) is 0 Å². The van der Waals surface area contributed by atoms with E-state index in [1.165, 1.54) is 11.1 Å². The molecule has 0 unspecified atom stereocenters. The number of hydrogen-bond donors (Lipinski definition) is 1. The van der Waals surface area contributed by atoms with Crippen molar-refractivity contribution in [3.8, 4) is 11.6 Å². The van der Waals surface area contributed by atoms with Gasteiger partial charge in [0.2, 0.25) is 5.82 Å². The summed E-state index contributed by atoms with van der Waals surface area (Å²) in [7, 11) is 0. The maximum Gasteiger partial charge on any atom is 0.255 e. The Bertz CT molecular complexity index is 1020. The minimum Gasteiger partial charge on any atom is -0.461 e. The lowest BCUT2D eigenvalue weighted by Crippen LogP contribution is -2.03. The molecule has 0 saturated carbocycles. The van der Waals surface area contributed by atoms with E-state index in [1.54, 1.807) is 10.8 Å². The molecule has 1 N–H and O–H groups in total. The van der Waals surface area contributed by atoms with E-state index in [0.717, 1.165) is 17.2 Å². The van der Waals surface area contributed by atoms with Gasteiger partial charge in [-0.2, -0.15) is 9.50 Å². The predicted octanol–water partition coefficient (Wildman–Crippen LogP) is 4.05. The summed E-state index contributed by atoms with van der Waals surface area (Å²) in [4.78, 5) is 8.91. The van der Waals surface area contributed by atoms with Gasteiger partial charge in [0.05, 0.1) is 6.26 Å². The van der Waals surface area contributed by atoms with Crippen molar-refractivity contribution in [3.05, 3.63) is 59.5 Å². The molecule has 6 heteroatoms. The van der Waals surface area contributed by atoms with Crippen molar-refractivity contribution in [3.63, 3.8) is 0 Å². The van der Waals surface area contributed by atoms with Gasteiger partial charge < -0.3 is 9.73 Å². The number of benzene rings is 1. The second-order valence-electron chi connectivity index (χ2n) is 5.85. The maximum absolute atomic E-state index is 5.38. The highest BCUT2D eigenvalue weighted by Gasteiger charge is 2.13. The Morgan fingerprint density at radius 3 is 2.67 bits per heavy atom. The van der Waals surface area contributed by atoms with Crippen molar-refractivity contribution in [2.75, 3.05) is 5.32 Å². The summed E-state index contributed by atoms with van der Waals surface area (Å²) in [5.74, 6) is 2.49. The summed E-state index contributed by atoms with van der Waals surface area (Å²) in [5.41, 5.74) is 4.30. The smallest absolute Gasteiger partial charge is 0.255 e. The first-order valence-electron chi connectivity index (χ1n) is 7.73. The summed E-state index contributed by atoms with van der Waals surface area (Å²) in [6, 6.07) is 11.9. The van der Waals surface area contributed by atoms with Gasteiger partial charge >= 0.3 is 0 Å². The van der Waals surface area contributed by atoms with Gasteiger partial charge in [-0.25, -0.2) is 4.98 Å². The minimum absolute atomic E-state index is 0.516. The second kappa shape index (κ2) is 5.49. The molecule has 3 heterocycles. The van der Waals surface area contributed by atoms with Crippen molar-refractivity contribution in [2.45, 2.75) is 20.8 Å². The van der Waals surface area contributed by atoms with Gasteiger partial charge in [0.25, 0.3) is 5.78 Å². The molecular weight excluding hydrogens is 302 g/mol. The topological polar surface area (TPSA) is 68.2 Å². The number of fused-ring (bicyclic) bond motifs is 1. The van der Waals surface area contributed by atoms with E-state index in [1.807, 2.05) is 25.1 Å². The van der Waals surface area contributed by atoms with Crippen molar-refractivity contribution in [2.24, 2.45) is 0 Å². The third-order valence-corrected chi connectivity index (χ3v) is 3.83. The molecule has 4 rings (SSSR count). The molecule has 0 aliphatic carbocycles. The van der Waals surface area contributed by atoms with Crippen molar-refractivity contribution in [1.82, 2.24) is 19.6 Å². The molecule has 24 heavy (non-hydrogen) atoms. The molecule has 0 atom stereocenters. The number of furan rings is 1. The Balaban J connectivity index is 1.82. The van der Waals surface area contributed by atoms with Crippen LogP contribution in [0.15, 0.2) is 47.1 Å². The fourth-order valence-corrected chi connectivity index (χ4v) is 2.68. The monoisotopic (exact) mass is 319 g/mol. The first-order chi connectivity index (χ1) is 11.6. The van der Waals surface area contributed by atoms with Crippen molar-refractivity contribution in [1.29, 1.82) is 0 Å². The standard InChI is InChI=1S/C18H17N5O/c1-11-6-7-14(12(2)9-11)20-16-10-13(3)19-18-21-17(22-23(16)18)15-5-4-8-24-15/h4-10,20H,1-3H3. The maximum atomic E-state index is 5.38. The number of nitrogens with zero attached hydrogens (tertiary/aromatic N) is 4. The van der Waals surface area contributed by atoms with Crippen LogP contribution in [0.5, 0.6) is 0 Å². The van der Waals surface area contributed by atoms with Crippen LogP contribution in [0.2, 0.25) is 0 Å². The summed E-state index contributed by atoms with van der Waals surface area (Å²) >= 11 is 0. The van der Waals surface area contributed by atoms with Gasteiger partial charge in [0.1, 0.15) is 5.82 Å². The Labute approximate surface area is 139 Å². The zero-order chi connectivity index (χ0) is 16.7. The second-order valence-corrected chi connectivity index (χ2v) is 5.85. The summed E-state index contributed by atoms with van der Waals surface area (Å²) in [6.45, 7) is 6.10. The number of nitrogens with one attached hydrogen (secondary N) is 1. The first-order valence-corrected chi connectivity index (χ1v) is 7.73. The molecule has 1 aromatic carbocycles. The van der Waals surface area contributed by atoms with Gasteiger partial charge in [0, 0.05) is 17.4 Å². The molecule has 120 valence electrons. The lowest BCUT2D eigenvalue weighted by molar-refractivity contribution is 0.577. The number of anilines is 2. The van der Waals surface area contributed by atoms with Crippen LogP contribution in [-0.4, -0.2) is 19.6 Å². The van der Waals surface area contributed by atoms with Gasteiger partial charge in [-0.15, -0.1) is 5.10 Å². The zero-order valence-electron chi connectivity index (χ0n) is 13.7. The summed E-state index contributed by atoms with van der Waals surface area (Å²) in [5, 5.41) is 7.96. The average Bonchev–Trinajstić information content (AvgIpc) is 3.18. The zero-order valence-corrected chi connectivity index (χ0v) is 13.7. The van der Waals surface area contributed by atoms with Crippen LogP contribution in [-0.2, 0) is 0 Å². The van der Waals surface area contributed by atoms with E-state index in [9.17, 15) is 0 Å². The van der Waals surface area contributed by atoms with E-state index in [-0.39, 0.29) is 0 Å². The van der Waals surface area contributed by atoms with Crippen LogP contribution in [0.1, 0.15) is 16.8 Å². The third-order valence-electron chi connectivity index (χ3n) is 3.83. The largest absolute Gasteiger partial charge is 0.461 e. The van der Waals surface area contributed by atoms with E-state index in [4.69, 9.17) is 4.42 Å². The number of aryl methyl sites for hydroxylation is 3. The molecule has 0 saturated heterocycles. The third kappa shape index (κ3) is 2.52. The molecule has 3 aromatic heterocycles. The molecule has 0 amide bonds. The fraction of sp³-hybridized carbons (Fsp3) is 0.167. The van der Waals surface area contributed by atoms with E-state index in [0.29, 0.717) is 17.4 Å². The van der Waals surface area contributed by atoms with Crippen LogP contribution in [0, 0.1) is 20.8 Å². The first kappa shape index (κ1) is 14.4. The Morgan fingerprint density at radius 1 is 1.04 bits per heavy atom. The van der Waals surface area contributed by atoms with Crippen LogP contribution < -0.4 is 5.32 Å². The highest BCUT2D eigenvalue weighted by atomic mass is 16.3. The SMILES string of the molecule is Cc1ccc(Nc2cc(C)nc3nc(-c4ccco4)nn23)c(C)c1. The van der Waals surface area contributed by atoms with E-state index < -0.39 is 0 Å². The molecule has 0 bridgehead atoms. The molecule has 0 spiro atoms. The van der Waals surface area contributed by atoms with Crippen LogP contribution in [0.25, 0.3) is 17.4 Å². The molecule has 6 nitrogen and oxygen atoms in total. The van der Waals surface area contributed by atoms with Gasteiger partial charge in [0.15, 0.2) is 5.76 Å². The highest BCUT2D eigenvalue weighted by molar-refractivity contribution is 5.63. The van der Waals surface area contributed by atoms with Crippen LogP contribution in [0.4, 0.5) is 11.5 Å². The lowest BCUT2D eigenvalue weighted by atomic mass is 10.1. The van der Waals surface area contributed by atoms with Crippen molar-refractivity contribution < 1.29 is 4.42 Å². The Hall–Kier alpha value is -3.15. The molecule has 0 aliphatic rings. The van der Waals surface area contributed by atoms with E-state index >= 15 is 0 Å². The highest BCUT2D eigenvalue weighted by Crippen LogP contribution is 2.24. The summed E-state index contributed by atoms with van der Waals surface area (Å²) in [6.07, 6.45) is 1.61. The molecule has 0 radical (unpaired) electrons. The van der Waals surface area contributed by atoms with Gasteiger partial charge in [-0.05, 0) is 44.5 Å².